The first-order chi connectivity index (χ1) is 7.71. The predicted octanol–water partition coefficient (Wildman–Crippen LogP) is 2.30. The SMILES string of the molecule is C=C(Cc1ccc(OC)c(CC)c1)N=CN. The number of nitrogens with zero attached hydrogens (tertiary/aromatic N) is 1. The smallest absolute Gasteiger partial charge is 0.122 e. The van der Waals surface area contributed by atoms with Gasteiger partial charge in [-0.3, -0.25) is 0 Å². The summed E-state index contributed by atoms with van der Waals surface area (Å²) in [6, 6.07) is 6.12. The summed E-state index contributed by atoms with van der Waals surface area (Å²) in [4.78, 5) is 3.95. The van der Waals surface area contributed by atoms with Crippen molar-refractivity contribution in [3.8, 4) is 5.75 Å². The number of hydrogen-bond donors (Lipinski definition) is 1. The maximum absolute atomic E-state index is 5.27. The number of hydrogen-bond acceptors (Lipinski definition) is 2. The third-order valence-corrected chi connectivity index (χ3v) is 2.39. The second-order valence-electron chi connectivity index (χ2n) is 3.52. The molecule has 1 rings (SSSR count). The molecule has 0 fully saturated rings. The zero-order valence-corrected chi connectivity index (χ0v) is 9.86. The molecule has 0 aromatic heterocycles. The first-order valence-corrected chi connectivity index (χ1v) is 5.29. The molecule has 2 N–H and O–H groups in total. The highest BCUT2D eigenvalue weighted by Crippen LogP contribution is 2.21. The third kappa shape index (κ3) is 3.12. The lowest BCUT2D eigenvalue weighted by atomic mass is 10.0. The molecule has 1 aromatic rings. The van der Waals surface area contributed by atoms with Gasteiger partial charge in [0.15, 0.2) is 0 Å². The lowest BCUT2D eigenvalue weighted by molar-refractivity contribution is 0.410. The van der Waals surface area contributed by atoms with Gasteiger partial charge in [0.1, 0.15) is 5.75 Å². The van der Waals surface area contributed by atoms with Crippen LogP contribution in [0.1, 0.15) is 18.1 Å². The second kappa shape index (κ2) is 5.95. The molecule has 0 saturated carbocycles. The van der Waals surface area contributed by atoms with Crippen molar-refractivity contribution in [3.63, 3.8) is 0 Å². The summed E-state index contributed by atoms with van der Waals surface area (Å²) in [6.45, 7) is 5.93. The van der Waals surface area contributed by atoms with Gasteiger partial charge in [-0.2, -0.15) is 0 Å². The highest BCUT2D eigenvalue weighted by Gasteiger charge is 2.03. The Morgan fingerprint density at radius 3 is 2.88 bits per heavy atom. The molecule has 0 bridgehead atoms. The summed E-state index contributed by atoms with van der Waals surface area (Å²) >= 11 is 0. The van der Waals surface area contributed by atoms with Crippen LogP contribution >= 0.6 is 0 Å². The number of aliphatic imine (C=N–C) groups is 1. The van der Waals surface area contributed by atoms with E-state index in [0.717, 1.165) is 17.9 Å². The van der Waals surface area contributed by atoms with Crippen molar-refractivity contribution >= 4 is 6.34 Å². The van der Waals surface area contributed by atoms with Crippen molar-refractivity contribution in [2.45, 2.75) is 19.8 Å². The van der Waals surface area contributed by atoms with E-state index in [0.29, 0.717) is 6.42 Å². The molecule has 0 atom stereocenters. The molecule has 86 valence electrons. The Morgan fingerprint density at radius 2 is 2.31 bits per heavy atom. The first-order valence-electron chi connectivity index (χ1n) is 5.29. The van der Waals surface area contributed by atoms with E-state index < -0.39 is 0 Å². The van der Waals surface area contributed by atoms with E-state index in [1.54, 1.807) is 7.11 Å². The van der Waals surface area contributed by atoms with E-state index in [4.69, 9.17) is 10.5 Å². The van der Waals surface area contributed by atoms with Crippen LogP contribution in [-0.4, -0.2) is 13.4 Å². The van der Waals surface area contributed by atoms with E-state index in [2.05, 4.69) is 24.6 Å². The molecule has 0 unspecified atom stereocenters. The molecule has 3 nitrogen and oxygen atoms in total. The van der Waals surface area contributed by atoms with Gasteiger partial charge < -0.3 is 10.5 Å². The molecule has 0 saturated heterocycles. The molecule has 0 aliphatic carbocycles. The number of allylic oxidation sites excluding steroid dienone is 1. The molecule has 0 aliphatic rings. The molecule has 0 aliphatic heterocycles. The highest BCUT2D eigenvalue weighted by atomic mass is 16.5. The van der Waals surface area contributed by atoms with Gasteiger partial charge in [-0.1, -0.05) is 25.6 Å². The number of rotatable bonds is 5. The van der Waals surface area contributed by atoms with Crippen molar-refractivity contribution in [1.82, 2.24) is 0 Å². The Labute approximate surface area is 96.6 Å². The maximum atomic E-state index is 5.27. The standard InChI is InChI=1S/C13H18N2O/c1-4-12-8-11(5-6-13(12)16-3)7-10(2)15-9-14/h5-6,8-9H,2,4,7H2,1,3H3,(H2,14,15). The van der Waals surface area contributed by atoms with Crippen LogP contribution in [-0.2, 0) is 12.8 Å². The van der Waals surface area contributed by atoms with Gasteiger partial charge in [-0.25, -0.2) is 4.99 Å². The van der Waals surface area contributed by atoms with Crippen LogP contribution in [0, 0.1) is 0 Å². The molecule has 0 heterocycles. The third-order valence-electron chi connectivity index (χ3n) is 2.39. The maximum Gasteiger partial charge on any atom is 0.122 e. The zero-order chi connectivity index (χ0) is 12.0. The zero-order valence-electron chi connectivity index (χ0n) is 9.86. The number of nitrogens with two attached hydrogens (primary N) is 1. The van der Waals surface area contributed by atoms with E-state index in [-0.39, 0.29) is 0 Å². The minimum atomic E-state index is 0.713. The number of aryl methyl sites for hydroxylation is 1. The Kier molecular flexibility index (Phi) is 4.58. The Hall–Kier alpha value is -1.77. The fraction of sp³-hybridized carbons (Fsp3) is 0.308. The van der Waals surface area contributed by atoms with Crippen LogP contribution in [0.5, 0.6) is 5.75 Å². The average Bonchev–Trinajstić information content (AvgIpc) is 2.29. The van der Waals surface area contributed by atoms with Gasteiger partial charge in [0.05, 0.1) is 13.4 Å². The van der Waals surface area contributed by atoms with Crippen LogP contribution < -0.4 is 10.5 Å². The second-order valence-corrected chi connectivity index (χ2v) is 3.52. The minimum absolute atomic E-state index is 0.713. The minimum Gasteiger partial charge on any atom is -0.496 e. The molecule has 3 heteroatoms. The molecule has 16 heavy (non-hydrogen) atoms. The lowest BCUT2D eigenvalue weighted by Gasteiger charge is -2.09. The highest BCUT2D eigenvalue weighted by molar-refractivity contribution is 5.53. The van der Waals surface area contributed by atoms with Gasteiger partial charge in [0, 0.05) is 12.1 Å². The van der Waals surface area contributed by atoms with Crippen LogP contribution in [0.15, 0.2) is 35.5 Å². The van der Waals surface area contributed by atoms with Crippen molar-refractivity contribution in [1.29, 1.82) is 0 Å². The largest absolute Gasteiger partial charge is 0.496 e. The predicted molar refractivity (Wildman–Crippen MR) is 67.9 cm³/mol. The van der Waals surface area contributed by atoms with Crippen LogP contribution in [0.25, 0.3) is 0 Å². The average molecular weight is 218 g/mol. The van der Waals surface area contributed by atoms with Crippen LogP contribution in [0.2, 0.25) is 0 Å². The fourth-order valence-corrected chi connectivity index (χ4v) is 1.60. The summed E-state index contributed by atoms with van der Waals surface area (Å²) < 4.78 is 5.27. The van der Waals surface area contributed by atoms with Gasteiger partial charge >= 0.3 is 0 Å². The summed E-state index contributed by atoms with van der Waals surface area (Å²) in [6.07, 6.45) is 2.93. The van der Waals surface area contributed by atoms with Gasteiger partial charge in [0.2, 0.25) is 0 Å². The van der Waals surface area contributed by atoms with Crippen molar-refractivity contribution in [2.24, 2.45) is 10.7 Å². The van der Waals surface area contributed by atoms with E-state index in [1.165, 1.54) is 17.5 Å². The number of ether oxygens (including phenoxy) is 1. The van der Waals surface area contributed by atoms with Gasteiger partial charge in [0.25, 0.3) is 0 Å². The molecule has 0 radical (unpaired) electrons. The topological polar surface area (TPSA) is 47.6 Å². The van der Waals surface area contributed by atoms with Crippen molar-refractivity contribution in [3.05, 3.63) is 41.6 Å². The molecule has 0 spiro atoms. The molecule has 0 amide bonds. The quantitative estimate of drug-likeness (QED) is 0.609. The van der Waals surface area contributed by atoms with E-state index >= 15 is 0 Å². The Morgan fingerprint density at radius 1 is 1.56 bits per heavy atom. The molecular formula is C13H18N2O. The summed E-state index contributed by atoms with van der Waals surface area (Å²) in [5.74, 6) is 0.930. The normalized spacial score (nSPS) is 10.6. The van der Waals surface area contributed by atoms with Gasteiger partial charge in [-0.05, 0) is 23.6 Å². The monoisotopic (exact) mass is 218 g/mol. The van der Waals surface area contributed by atoms with E-state index in [1.807, 2.05) is 12.1 Å². The Bertz CT molecular complexity index is 397. The number of methoxy groups -OCH3 is 1. The first kappa shape index (κ1) is 12.3. The summed E-state index contributed by atoms with van der Waals surface area (Å²) in [7, 11) is 1.69. The lowest BCUT2D eigenvalue weighted by Crippen LogP contribution is -1.95. The number of benzene rings is 1. The fourth-order valence-electron chi connectivity index (χ4n) is 1.60. The Balaban J connectivity index is 2.86. The van der Waals surface area contributed by atoms with E-state index in [9.17, 15) is 0 Å². The summed E-state index contributed by atoms with van der Waals surface area (Å²) in [5.41, 5.74) is 8.34. The van der Waals surface area contributed by atoms with Crippen LogP contribution in [0.3, 0.4) is 0 Å². The molecular weight excluding hydrogens is 200 g/mol. The molecule has 1 aromatic carbocycles. The van der Waals surface area contributed by atoms with Crippen molar-refractivity contribution < 1.29 is 4.74 Å². The van der Waals surface area contributed by atoms with Crippen LogP contribution in [0.4, 0.5) is 0 Å². The summed E-state index contributed by atoms with van der Waals surface area (Å²) in [5, 5.41) is 0. The van der Waals surface area contributed by atoms with Crippen molar-refractivity contribution in [2.75, 3.05) is 7.11 Å². The van der Waals surface area contributed by atoms with Gasteiger partial charge in [-0.15, -0.1) is 0 Å².